The van der Waals surface area contributed by atoms with Gasteiger partial charge in [-0.3, -0.25) is 4.98 Å². The fraction of sp³-hybridized carbons (Fsp3) is 0.0833. The summed E-state index contributed by atoms with van der Waals surface area (Å²) in [5.41, 5.74) is 4.26. The number of nitrogens with zero attached hydrogens (tertiary/aromatic N) is 2. The lowest BCUT2D eigenvalue weighted by atomic mass is 10.1. The fourth-order valence-electron chi connectivity index (χ4n) is 3.33. The van der Waals surface area contributed by atoms with Crippen LogP contribution in [0.25, 0.3) is 16.9 Å². The molecule has 156 valence electrons. The lowest BCUT2D eigenvalue weighted by molar-refractivity contribution is 0.0696. The predicted octanol–water partition coefficient (Wildman–Crippen LogP) is 6.43. The first-order chi connectivity index (χ1) is 14.9. The van der Waals surface area contributed by atoms with Gasteiger partial charge in [0.05, 0.1) is 23.1 Å². The number of hydrogen-bond donors (Lipinski definition) is 1. The normalized spacial score (nSPS) is 10.8. The highest BCUT2D eigenvalue weighted by atomic mass is 35.5. The van der Waals surface area contributed by atoms with Crippen molar-refractivity contribution in [3.63, 3.8) is 0 Å². The number of benzene rings is 2. The molecule has 5 nitrogen and oxygen atoms in total. The number of halogens is 2. The van der Waals surface area contributed by atoms with E-state index in [-0.39, 0.29) is 5.56 Å². The van der Waals surface area contributed by atoms with Gasteiger partial charge in [0, 0.05) is 27.5 Å². The first-order valence-corrected chi connectivity index (χ1v) is 10.2. The second-order valence-electron chi connectivity index (χ2n) is 6.99. The maximum Gasteiger partial charge on any atom is 0.337 e. The van der Waals surface area contributed by atoms with Crippen molar-refractivity contribution in [2.24, 2.45) is 0 Å². The zero-order chi connectivity index (χ0) is 22.0. The minimum Gasteiger partial charge on any atom is -0.488 e. The van der Waals surface area contributed by atoms with E-state index >= 15 is 0 Å². The highest BCUT2D eigenvalue weighted by molar-refractivity contribution is 6.31. The highest BCUT2D eigenvalue weighted by Crippen LogP contribution is 2.36. The van der Waals surface area contributed by atoms with Gasteiger partial charge in [-0.15, -0.1) is 0 Å². The summed E-state index contributed by atoms with van der Waals surface area (Å²) in [6.45, 7) is 2.30. The molecule has 2 aromatic heterocycles. The summed E-state index contributed by atoms with van der Waals surface area (Å²) in [5, 5.41) is 10.6. The second kappa shape index (κ2) is 8.84. The maximum absolute atomic E-state index is 11.4. The van der Waals surface area contributed by atoms with Gasteiger partial charge in [0.2, 0.25) is 0 Å². The Bertz CT molecular complexity index is 1250. The van der Waals surface area contributed by atoms with Crippen molar-refractivity contribution in [1.82, 2.24) is 9.55 Å². The molecule has 2 heterocycles. The summed E-state index contributed by atoms with van der Waals surface area (Å²) in [5.74, 6) is -0.378. The molecule has 0 radical (unpaired) electrons. The van der Waals surface area contributed by atoms with Gasteiger partial charge in [-0.25, -0.2) is 4.79 Å². The zero-order valence-electron chi connectivity index (χ0n) is 16.5. The Hall–Kier alpha value is -3.28. The molecule has 0 saturated carbocycles. The average molecular weight is 453 g/mol. The van der Waals surface area contributed by atoms with Crippen LogP contribution in [-0.2, 0) is 6.61 Å². The summed E-state index contributed by atoms with van der Waals surface area (Å²) in [6, 6.07) is 18.4. The molecule has 7 heteroatoms. The van der Waals surface area contributed by atoms with E-state index in [1.54, 1.807) is 18.3 Å². The lowest BCUT2D eigenvalue weighted by Gasteiger charge is -2.16. The molecule has 0 spiro atoms. The van der Waals surface area contributed by atoms with Gasteiger partial charge in [-0.05, 0) is 61.0 Å². The van der Waals surface area contributed by atoms with Crippen LogP contribution in [0.1, 0.15) is 21.6 Å². The standard InChI is InChI=1S/C24H18Cl2N2O3/c1-15-2-8-22(28(15)20-10-17(24(29)30)12-27-13-20)21-11-19(26)7-9-23(21)31-14-16-3-5-18(25)6-4-16/h2-13H,14H2,1H3,(H,29,30). The molecule has 0 aliphatic carbocycles. The van der Waals surface area contributed by atoms with Crippen LogP contribution in [0.4, 0.5) is 0 Å². The third kappa shape index (κ3) is 4.58. The first-order valence-electron chi connectivity index (χ1n) is 9.46. The van der Waals surface area contributed by atoms with E-state index in [2.05, 4.69) is 4.98 Å². The molecule has 4 aromatic rings. The number of pyridine rings is 1. The largest absolute Gasteiger partial charge is 0.488 e. The minimum absolute atomic E-state index is 0.113. The Kier molecular flexibility index (Phi) is 5.98. The van der Waals surface area contributed by atoms with Crippen molar-refractivity contribution in [2.75, 3.05) is 0 Å². The van der Waals surface area contributed by atoms with E-state index in [4.69, 9.17) is 27.9 Å². The molecule has 31 heavy (non-hydrogen) atoms. The molecule has 0 fully saturated rings. The SMILES string of the molecule is Cc1ccc(-c2cc(Cl)ccc2OCc2ccc(Cl)cc2)n1-c1cncc(C(=O)O)c1. The van der Waals surface area contributed by atoms with Crippen LogP contribution in [0, 0.1) is 6.92 Å². The molecule has 0 unspecified atom stereocenters. The van der Waals surface area contributed by atoms with Crippen molar-refractivity contribution >= 4 is 29.2 Å². The van der Waals surface area contributed by atoms with Crippen LogP contribution in [0.3, 0.4) is 0 Å². The zero-order valence-corrected chi connectivity index (χ0v) is 18.1. The molecule has 0 bridgehead atoms. The molecule has 4 rings (SSSR count). The van der Waals surface area contributed by atoms with E-state index in [0.29, 0.717) is 28.1 Å². The molecule has 0 saturated heterocycles. The number of aryl methyl sites for hydroxylation is 1. The minimum atomic E-state index is -1.03. The number of aromatic carboxylic acids is 1. The predicted molar refractivity (Wildman–Crippen MR) is 121 cm³/mol. The van der Waals surface area contributed by atoms with Crippen LogP contribution in [0.5, 0.6) is 5.75 Å². The molecular formula is C24H18Cl2N2O3. The van der Waals surface area contributed by atoms with Gasteiger partial charge >= 0.3 is 5.97 Å². The Morgan fingerprint density at radius 3 is 2.48 bits per heavy atom. The molecule has 1 N–H and O–H groups in total. The smallest absolute Gasteiger partial charge is 0.337 e. The van der Waals surface area contributed by atoms with Crippen LogP contribution in [0.2, 0.25) is 10.0 Å². The summed E-state index contributed by atoms with van der Waals surface area (Å²) >= 11 is 12.3. The van der Waals surface area contributed by atoms with E-state index in [9.17, 15) is 9.90 Å². The molecule has 0 aliphatic heterocycles. The Balaban J connectivity index is 1.75. The van der Waals surface area contributed by atoms with Crippen molar-refractivity contribution in [2.45, 2.75) is 13.5 Å². The van der Waals surface area contributed by atoms with Crippen LogP contribution < -0.4 is 4.74 Å². The molecule has 0 aliphatic rings. The van der Waals surface area contributed by atoms with E-state index in [1.165, 1.54) is 6.20 Å². The van der Waals surface area contributed by atoms with Crippen LogP contribution >= 0.6 is 23.2 Å². The molecule has 0 atom stereocenters. The summed E-state index contributed by atoms with van der Waals surface area (Å²) < 4.78 is 8.04. The van der Waals surface area contributed by atoms with Gasteiger partial charge in [-0.1, -0.05) is 35.3 Å². The quantitative estimate of drug-likeness (QED) is 0.365. The summed E-state index contributed by atoms with van der Waals surface area (Å²) in [4.78, 5) is 15.5. The van der Waals surface area contributed by atoms with Gasteiger partial charge in [-0.2, -0.15) is 0 Å². The van der Waals surface area contributed by atoms with E-state index in [1.807, 2.05) is 60.0 Å². The van der Waals surface area contributed by atoms with Gasteiger partial charge < -0.3 is 14.4 Å². The maximum atomic E-state index is 11.4. The monoisotopic (exact) mass is 452 g/mol. The second-order valence-corrected chi connectivity index (χ2v) is 7.86. The van der Waals surface area contributed by atoms with Gasteiger partial charge in [0.1, 0.15) is 12.4 Å². The Morgan fingerprint density at radius 2 is 1.74 bits per heavy atom. The number of carboxylic acids is 1. The summed E-state index contributed by atoms with van der Waals surface area (Å²) in [7, 11) is 0. The number of carboxylic acid groups (broad SMARTS) is 1. The lowest BCUT2D eigenvalue weighted by Crippen LogP contribution is -2.04. The van der Waals surface area contributed by atoms with Crippen LogP contribution in [0.15, 0.2) is 73.1 Å². The van der Waals surface area contributed by atoms with Crippen molar-refractivity contribution in [3.05, 3.63) is 99.9 Å². The third-order valence-electron chi connectivity index (χ3n) is 4.83. The average Bonchev–Trinajstić information content (AvgIpc) is 3.15. The highest BCUT2D eigenvalue weighted by Gasteiger charge is 2.16. The van der Waals surface area contributed by atoms with Crippen molar-refractivity contribution in [1.29, 1.82) is 0 Å². The Morgan fingerprint density at radius 1 is 1.00 bits per heavy atom. The first kappa shape index (κ1) is 21.0. The van der Waals surface area contributed by atoms with Crippen molar-refractivity contribution < 1.29 is 14.6 Å². The van der Waals surface area contributed by atoms with E-state index in [0.717, 1.165) is 22.5 Å². The number of hydrogen-bond acceptors (Lipinski definition) is 3. The van der Waals surface area contributed by atoms with E-state index < -0.39 is 5.97 Å². The van der Waals surface area contributed by atoms with Gasteiger partial charge in [0.25, 0.3) is 0 Å². The summed E-state index contributed by atoms with van der Waals surface area (Å²) in [6.07, 6.45) is 2.95. The molecule has 0 amide bonds. The van der Waals surface area contributed by atoms with Gasteiger partial charge in [0.15, 0.2) is 0 Å². The molecular weight excluding hydrogens is 435 g/mol. The number of aromatic nitrogens is 2. The third-order valence-corrected chi connectivity index (χ3v) is 5.32. The van der Waals surface area contributed by atoms with Crippen molar-refractivity contribution in [3.8, 4) is 22.7 Å². The molecule has 2 aromatic carbocycles. The number of ether oxygens (including phenoxy) is 1. The fourth-order valence-corrected chi connectivity index (χ4v) is 3.63. The topological polar surface area (TPSA) is 64.4 Å². The number of rotatable bonds is 6. The number of carbonyl (C=O) groups is 1. The Labute approximate surface area is 189 Å². The van der Waals surface area contributed by atoms with Crippen LogP contribution in [-0.4, -0.2) is 20.6 Å².